The molecule has 1 aromatic carbocycles. The average molecular weight is 272 g/mol. The lowest BCUT2D eigenvalue weighted by Crippen LogP contribution is -2.05. The fourth-order valence-corrected chi connectivity index (χ4v) is 1.49. The fraction of sp³-hybridized carbons (Fsp3) is 0.214. The van der Waals surface area contributed by atoms with Crippen LogP contribution in [0.1, 0.15) is 18.9 Å². The molecule has 0 bridgehead atoms. The van der Waals surface area contributed by atoms with Crippen molar-refractivity contribution in [1.82, 2.24) is 9.97 Å². The maximum Gasteiger partial charge on any atom is 0.260 e. The van der Waals surface area contributed by atoms with Gasteiger partial charge in [-0.05, 0) is 24.6 Å². The van der Waals surface area contributed by atoms with Gasteiger partial charge in [0.05, 0.1) is 17.8 Å². The summed E-state index contributed by atoms with van der Waals surface area (Å²) in [6, 6.07) is 8.42. The van der Waals surface area contributed by atoms with E-state index in [1.807, 2.05) is 13.0 Å². The molecule has 0 aliphatic heterocycles. The molecule has 2 aromatic rings. The summed E-state index contributed by atoms with van der Waals surface area (Å²) in [7, 11) is 0. The zero-order chi connectivity index (χ0) is 14.4. The zero-order valence-electron chi connectivity index (χ0n) is 10.9. The van der Waals surface area contributed by atoms with Crippen LogP contribution in [0.5, 0.6) is 11.6 Å². The van der Waals surface area contributed by atoms with Gasteiger partial charge in [0, 0.05) is 6.54 Å². The van der Waals surface area contributed by atoms with Gasteiger partial charge in [0.25, 0.3) is 5.88 Å². The van der Waals surface area contributed by atoms with Crippen LogP contribution in [0.25, 0.3) is 0 Å². The molecule has 0 aliphatic carbocycles. The number of rotatable bonds is 5. The van der Waals surface area contributed by atoms with E-state index in [1.165, 1.54) is 6.07 Å². The highest BCUT2D eigenvalue weighted by molar-refractivity contribution is 5.38. The van der Waals surface area contributed by atoms with Crippen LogP contribution in [0, 0.1) is 17.1 Å². The number of hydrogen-bond acceptors (Lipinski definition) is 5. The van der Waals surface area contributed by atoms with Gasteiger partial charge in [0.2, 0.25) is 11.8 Å². The number of nitriles is 1. The normalized spacial score (nSPS) is 9.85. The number of nitrogens with zero attached hydrogens (tertiary/aromatic N) is 3. The molecule has 102 valence electrons. The molecule has 0 aliphatic rings. The van der Waals surface area contributed by atoms with Crippen molar-refractivity contribution < 1.29 is 9.13 Å². The number of aromatic nitrogens is 2. The third-order valence-corrected chi connectivity index (χ3v) is 2.42. The van der Waals surface area contributed by atoms with Crippen LogP contribution in [0.3, 0.4) is 0 Å². The molecule has 5 nitrogen and oxygen atoms in total. The minimum Gasteiger partial charge on any atom is -0.436 e. The Bertz CT molecular complexity index is 639. The minimum absolute atomic E-state index is 0.173. The lowest BCUT2D eigenvalue weighted by atomic mass is 10.2. The third-order valence-electron chi connectivity index (χ3n) is 2.42. The molecule has 0 amide bonds. The Balaban J connectivity index is 2.21. The molecule has 2 rings (SSSR count). The van der Waals surface area contributed by atoms with Crippen molar-refractivity contribution in [2.45, 2.75) is 13.3 Å². The Labute approximate surface area is 116 Å². The smallest absolute Gasteiger partial charge is 0.260 e. The highest BCUT2D eigenvalue weighted by Gasteiger charge is 2.09. The number of benzene rings is 1. The van der Waals surface area contributed by atoms with Crippen molar-refractivity contribution in [3.8, 4) is 17.7 Å². The maximum atomic E-state index is 13.6. The van der Waals surface area contributed by atoms with Gasteiger partial charge in [0.1, 0.15) is 5.75 Å². The number of halogens is 1. The second-order valence-electron chi connectivity index (χ2n) is 4.02. The summed E-state index contributed by atoms with van der Waals surface area (Å²) in [5.74, 6) is -0.175. The summed E-state index contributed by atoms with van der Waals surface area (Å²) >= 11 is 0. The van der Waals surface area contributed by atoms with Gasteiger partial charge in [-0.2, -0.15) is 14.6 Å². The van der Waals surface area contributed by atoms with Gasteiger partial charge in [-0.25, -0.2) is 4.98 Å². The van der Waals surface area contributed by atoms with E-state index >= 15 is 0 Å². The van der Waals surface area contributed by atoms with Crippen LogP contribution < -0.4 is 10.1 Å². The Hall–Kier alpha value is -2.68. The Morgan fingerprint density at radius 3 is 3.05 bits per heavy atom. The molecular weight excluding hydrogens is 259 g/mol. The summed E-state index contributed by atoms with van der Waals surface area (Å²) in [6.07, 6.45) is 1.95. The van der Waals surface area contributed by atoms with Crippen molar-refractivity contribution in [2.24, 2.45) is 0 Å². The van der Waals surface area contributed by atoms with E-state index in [0.29, 0.717) is 23.8 Å². The van der Waals surface area contributed by atoms with Crippen LogP contribution in [0.2, 0.25) is 0 Å². The van der Waals surface area contributed by atoms with E-state index in [2.05, 4.69) is 15.3 Å². The SMILES string of the molecule is CCCNc1ncc(F)c(Oc2cccc(C#N)c2)n1. The van der Waals surface area contributed by atoms with Gasteiger partial charge in [0.15, 0.2) is 0 Å². The predicted molar refractivity (Wildman–Crippen MR) is 72.0 cm³/mol. The van der Waals surface area contributed by atoms with Crippen molar-refractivity contribution in [2.75, 3.05) is 11.9 Å². The van der Waals surface area contributed by atoms with Crippen molar-refractivity contribution in [1.29, 1.82) is 5.26 Å². The molecule has 6 heteroatoms. The topological polar surface area (TPSA) is 70.8 Å². The van der Waals surface area contributed by atoms with E-state index in [9.17, 15) is 4.39 Å². The minimum atomic E-state index is -0.658. The predicted octanol–water partition coefficient (Wildman–Crippen LogP) is 3.10. The second-order valence-corrected chi connectivity index (χ2v) is 4.02. The van der Waals surface area contributed by atoms with E-state index in [0.717, 1.165) is 12.6 Å². The largest absolute Gasteiger partial charge is 0.436 e. The number of anilines is 1. The van der Waals surface area contributed by atoms with Crippen LogP contribution >= 0.6 is 0 Å². The van der Waals surface area contributed by atoms with E-state index < -0.39 is 5.82 Å². The molecular formula is C14H13FN4O. The molecule has 20 heavy (non-hydrogen) atoms. The van der Waals surface area contributed by atoms with Crippen LogP contribution in [-0.4, -0.2) is 16.5 Å². The summed E-state index contributed by atoms with van der Waals surface area (Å²) in [6.45, 7) is 2.69. The molecule has 0 unspecified atom stereocenters. The number of hydrogen-bond donors (Lipinski definition) is 1. The second kappa shape index (κ2) is 6.48. The van der Waals surface area contributed by atoms with Crippen molar-refractivity contribution >= 4 is 5.95 Å². The molecule has 1 N–H and O–H groups in total. The van der Waals surface area contributed by atoms with E-state index in [-0.39, 0.29) is 5.88 Å². The van der Waals surface area contributed by atoms with Gasteiger partial charge in [-0.15, -0.1) is 0 Å². The Kier molecular flexibility index (Phi) is 4.45. The molecule has 1 heterocycles. The van der Waals surface area contributed by atoms with Crippen LogP contribution in [0.15, 0.2) is 30.5 Å². The molecule has 0 radical (unpaired) electrons. The van der Waals surface area contributed by atoms with E-state index in [1.54, 1.807) is 18.2 Å². The average Bonchev–Trinajstić information content (AvgIpc) is 2.48. The molecule has 0 fully saturated rings. The summed E-state index contributed by atoms with van der Waals surface area (Å²) in [5.41, 5.74) is 0.432. The fourth-order valence-electron chi connectivity index (χ4n) is 1.49. The van der Waals surface area contributed by atoms with Crippen LogP contribution in [-0.2, 0) is 0 Å². The molecule has 1 aromatic heterocycles. The summed E-state index contributed by atoms with van der Waals surface area (Å²) < 4.78 is 19.0. The summed E-state index contributed by atoms with van der Waals surface area (Å²) in [5, 5.41) is 11.8. The van der Waals surface area contributed by atoms with Gasteiger partial charge >= 0.3 is 0 Å². The standard InChI is InChI=1S/C14H13FN4O/c1-2-6-17-14-18-9-12(15)13(19-14)20-11-5-3-4-10(7-11)8-16/h3-5,7,9H,2,6H2,1H3,(H,17,18,19). The molecule has 0 saturated carbocycles. The highest BCUT2D eigenvalue weighted by atomic mass is 19.1. The van der Waals surface area contributed by atoms with Crippen LogP contribution in [0.4, 0.5) is 10.3 Å². The monoisotopic (exact) mass is 272 g/mol. The van der Waals surface area contributed by atoms with Crippen molar-refractivity contribution in [3.63, 3.8) is 0 Å². The van der Waals surface area contributed by atoms with Gasteiger partial charge in [-0.1, -0.05) is 13.0 Å². The maximum absolute atomic E-state index is 13.6. The first-order valence-electron chi connectivity index (χ1n) is 6.17. The zero-order valence-corrected chi connectivity index (χ0v) is 10.9. The number of ether oxygens (including phenoxy) is 1. The van der Waals surface area contributed by atoms with Crippen molar-refractivity contribution in [3.05, 3.63) is 41.8 Å². The lowest BCUT2D eigenvalue weighted by Gasteiger charge is -2.08. The molecule has 0 atom stereocenters. The summed E-state index contributed by atoms with van der Waals surface area (Å²) in [4.78, 5) is 7.78. The first kappa shape index (κ1) is 13.7. The Morgan fingerprint density at radius 1 is 1.45 bits per heavy atom. The first-order chi connectivity index (χ1) is 9.72. The van der Waals surface area contributed by atoms with E-state index in [4.69, 9.17) is 10.00 Å². The third kappa shape index (κ3) is 3.42. The molecule has 0 spiro atoms. The first-order valence-corrected chi connectivity index (χ1v) is 6.17. The number of nitrogens with one attached hydrogen (secondary N) is 1. The quantitative estimate of drug-likeness (QED) is 0.905. The Morgan fingerprint density at radius 2 is 2.30 bits per heavy atom. The van der Waals surface area contributed by atoms with Gasteiger partial charge < -0.3 is 10.1 Å². The lowest BCUT2D eigenvalue weighted by molar-refractivity contribution is 0.420. The van der Waals surface area contributed by atoms with Gasteiger partial charge in [-0.3, -0.25) is 0 Å². The highest BCUT2D eigenvalue weighted by Crippen LogP contribution is 2.23. The molecule has 0 saturated heterocycles.